The van der Waals surface area contributed by atoms with E-state index in [-0.39, 0.29) is 30.4 Å². The van der Waals surface area contributed by atoms with Gasteiger partial charge < -0.3 is 24.6 Å². The van der Waals surface area contributed by atoms with E-state index in [1.165, 1.54) is 13.2 Å². The molecule has 0 fully saturated rings. The maximum absolute atomic E-state index is 12.4. The number of ether oxygens (including phenoxy) is 3. The van der Waals surface area contributed by atoms with Crippen LogP contribution >= 0.6 is 0 Å². The second-order valence-corrected chi connectivity index (χ2v) is 5.86. The largest absolute Gasteiger partial charge is 0.496 e. The molecule has 2 aromatic rings. The quantitative estimate of drug-likeness (QED) is 0.813. The second kappa shape index (κ2) is 7.82. The third-order valence-electron chi connectivity index (χ3n) is 4.17. The highest BCUT2D eigenvalue weighted by atomic mass is 16.5. The highest BCUT2D eigenvalue weighted by Gasteiger charge is 2.20. The Morgan fingerprint density at radius 1 is 1.15 bits per heavy atom. The lowest BCUT2D eigenvalue weighted by atomic mass is 10.1. The molecule has 0 radical (unpaired) electrons. The number of benzene rings is 2. The fourth-order valence-corrected chi connectivity index (χ4v) is 2.80. The van der Waals surface area contributed by atoms with Gasteiger partial charge in [-0.2, -0.15) is 0 Å². The van der Waals surface area contributed by atoms with Crippen LogP contribution in [0, 0.1) is 0 Å². The Balaban J connectivity index is 1.72. The first-order chi connectivity index (χ1) is 13.0. The third-order valence-corrected chi connectivity index (χ3v) is 4.17. The topological polar surface area (TPSA) is 94.1 Å². The van der Waals surface area contributed by atoms with Crippen molar-refractivity contribution in [3.8, 4) is 17.2 Å². The standard InChI is InChI=1S/C20H19NO6/c1-25-16-7-6-12(8-15(16)20(23)24)10-21-19(22)14-9-13-4-3-5-17(26-2)18(13)27-11-14/h3-9H,10-11H2,1-2H3,(H,21,22)(H,23,24). The summed E-state index contributed by atoms with van der Waals surface area (Å²) in [6.07, 6.45) is 1.76. The lowest BCUT2D eigenvalue weighted by molar-refractivity contribution is -0.117. The molecule has 0 unspecified atom stereocenters. The zero-order chi connectivity index (χ0) is 19.4. The highest BCUT2D eigenvalue weighted by Crippen LogP contribution is 2.35. The molecule has 0 aromatic heterocycles. The van der Waals surface area contributed by atoms with Crippen molar-refractivity contribution in [2.45, 2.75) is 6.54 Å². The number of carboxylic acid groups (broad SMARTS) is 1. The SMILES string of the molecule is COc1ccc(CNC(=O)C2=Cc3cccc(OC)c3OC2)cc1C(=O)O. The molecule has 27 heavy (non-hydrogen) atoms. The van der Waals surface area contributed by atoms with Crippen LogP contribution in [0.1, 0.15) is 21.5 Å². The van der Waals surface area contributed by atoms with E-state index >= 15 is 0 Å². The number of carbonyl (C=O) groups is 2. The van der Waals surface area contributed by atoms with Crippen LogP contribution in [-0.2, 0) is 11.3 Å². The molecule has 1 aliphatic rings. The van der Waals surface area contributed by atoms with E-state index < -0.39 is 5.97 Å². The molecule has 140 valence electrons. The van der Waals surface area contributed by atoms with Gasteiger partial charge in [0.1, 0.15) is 17.9 Å². The molecule has 0 atom stereocenters. The Bertz CT molecular complexity index is 919. The zero-order valence-corrected chi connectivity index (χ0v) is 14.9. The number of rotatable bonds is 6. The fourth-order valence-electron chi connectivity index (χ4n) is 2.80. The average Bonchev–Trinajstić information content (AvgIpc) is 2.70. The Morgan fingerprint density at radius 2 is 1.93 bits per heavy atom. The first-order valence-corrected chi connectivity index (χ1v) is 8.22. The number of fused-ring (bicyclic) bond motifs is 1. The van der Waals surface area contributed by atoms with E-state index in [2.05, 4.69) is 5.32 Å². The van der Waals surface area contributed by atoms with Gasteiger partial charge in [0, 0.05) is 12.1 Å². The van der Waals surface area contributed by atoms with Gasteiger partial charge in [0.2, 0.25) is 0 Å². The van der Waals surface area contributed by atoms with E-state index in [0.717, 1.165) is 5.56 Å². The molecule has 3 rings (SSSR count). The molecular formula is C20H19NO6. The Kier molecular flexibility index (Phi) is 5.30. The number of hydrogen-bond donors (Lipinski definition) is 2. The fraction of sp³-hybridized carbons (Fsp3) is 0.200. The number of carboxylic acids is 1. The number of aromatic carboxylic acids is 1. The van der Waals surface area contributed by atoms with Gasteiger partial charge in [0.05, 0.1) is 19.8 Å². The van der Waals surface area contributed by atoms with Crippen molar-refractivity contribution in [3.63, 3.8) is 0 Å². The van der Waals surface area contributed by atoms with Crippen molar-refractivity contribution in [2.24, 2.45) is 0 Å². The summed E-state index contributed by atoms with van der Waals surface area (Å²) in [5.41, 5.74) is 1.94. The van der Waals surface area contributed by atoms with E-state index in [0.29, 0.717) is 22.6 Å². The van der Waals surface area contributed by atoms with Crippen LogP contribution in [0.5, 0.6) is 17.2 Å². The van der Waals surface area contributed by atoms with Crippen LogP contribution in [0.15, 0.2) is 42.0 Å². The first-order valence-electron chi connectivity index (χ1n) is 8.22. The van der Waals surface area contributed by atoms with Gasteiger partial charge in [-0.05, 0) is 29.8 Å². The van der Waals surface area contributed by atoms with Crippen LogP contribution in [-0.4, -0.2) is 37.8 Å². The number of hydrogen-bond acceptors (Lipinski definition) is 5. The lowest BCUT2D eigenvalue weighted by Gasteiger charge is -2.19. The molecular weight excluding hydrogens is 350 g/mol. The Morgan fingerprint density at radius 3 is 2.63 bits per heavy atom. The second-order valence-electron chi connectivity index (χ2n) is 5.86. The molecule has 0 saturated carbocycles. The maximum Gasteiger partial charge on any atom is 0.339 e. The highest BCUT2D eigenvalue weighted by molar-refractivity contribution is 5.99. The summed E-state index contributed by atoms with van der Waals surface area (Å²) in [5.74, 6) is 0.122. The summed E-state index contributed by atoms with van der Waals surface area (Å²) < 4.78 is 15.9. The molecule has 0 spiro atoms. The predicted octanol–water partition coefficient (Wildman–Crippen LogP) is 2.49. The number of para-hydroxylation sites is 1. The van der Waals surface area contributed by atoms with Gasteiger partial charge in [-0.15, -0.1) is 0 Å². The van der Waals surface area contributed by atoms with Crippen molar-refractivity contribution in [3.05, 3.63) is 58.7 Å². The number of amides is 1. The van der Waals surface area contributed by atoms with Crippen molar-refractivity contribution in [1.82, 2.24) is 5.32 Å². The molecule has 1 amide bonds. The lowest BCUT2D eigenvalue weighted by Crippen LogP contribution is -2.28. The zero-order valence-electron chi connectivity index (χ0n) is 14.9. The smallest absolute Gasteiger partial charge is 0.339 e. The molecule has 0 aliphatic carbocycles. The van der Waals surface area contributed by atoms with E-state index in [9.17, 15) is 14.7 Å². The summed E-state index contributed by atoms with van der Waals surface area (Å²) in [6.45, 7) is 0.313. The van der Waals surface area contributed by atoms with Gasteiger partial charge >= 0.3 is 5.97 Å². The minimum absolute atomic E-state index is 0.0467. The first kappa shape index (κ1) is 18.3. The molecule has 1 aliphatic heterocycles. The Labute approximate surface area is 156 Å². The van der Waals surface area contributed by atoms with E-state index in [1.54, 1.807) is 31.4 Å². The van der Waals surface area contributed by atoms with Gasteiger partial charge in [0.25, 0.3) is 5.91 Å². The summed E-state index contributed by atoms with van der Waals surface area (Å²) in [5, 5.41) is 12.0. The minimum atomic E-state index is -1.09. The molecule has 7 heteroatoms. The number of methoxy groups -OCH3 is 2. The van der Waals surface area contributed by atoms with Crippen LogP contribution in [0.4, 0.5) is 0 Å². The summed E-state index contributed by atoms with van der Waals surface area (Å²) >= 11 is 0. The molecule has 2 N–H and O–H groups in total. The van der Waals surface area contributed by atoms with Crippen LogP contribution in [0.25, 0.3) is 6.08 Å². The summed E-state index contributed by atoms with van der Waals surface area (Å²) in [6, 6.07) is 10.2. The van der Waals surface area contributed by atoms with Crippen LogP contribution in [0.3, 0.4) is 0 Å². The number of carbonyl (C=O) groups excluding carboxylic acids is 1. The monoisotopic (exact) mass is 369 g/mol. The van der Waals surface area contributed by atoms with Gasteiger partial charge in [-0.1, -0.05) is 18.2 Å². The minimum Gasteiger partial charge on any atom is -0.496 e. The Hall–Kier alpha value is -3.48. The van der Waals surface area contributed by atoms with E-state index in [4.69, 9.17) is 14.2 Å². The molecule has 0 bridgehead atoms. The number of nitrogens with one attached hydrogen (secondary N) is 1. The predicted molar refractivity (Wildman–Crippen MR) is 98.3 cm³/mol. The summed E-state index contributed by atoms with van der Waals surface area (Å²) in [4.78, 5) is 23.7. The van der Waals surface area contributed by atoms with Crippen molar-refractivity contribution in [2.75, 3.05) is 20.8 Å². The molecule has 0 saturated heterocycles. The maximum atomic E-state index is 12.4. The van der Waals surface area contributed by atoms with Crippen molar-refractivity contribution in [1.29, 1.82) is 0 Å². The summed E-state index contributed by atoms with van der Waals surface area (Å²) in [7, 11) is 2.97. The van der Waals surface area contributed by atoms with Gasteiger partial charge in [-0.25, -0.2) is 4.79 Å². The molecule has 1 heterocycles. The van der Waals surface area contributed by atoms with Crippen molar-refractivity contribution >= 4 is 18.0 Å². The third kappa shape index (κ3) is 3.87. The van der Waals surface area contributed by atoms with Gasteiger partial charge in [0.15, 0.2) is 11.5 Å². The van der Waals surface area contributed by atoms with E-state index in [1.807, 2.05) is 12.1 Å². The molecule has 7 nitrogen and oxygen atoms in total. The van der Waals surface area contributed by atoms with Crippen LogP contribution in [0.2, 0.25) is 0 Å². The van der Waals surface area contributed by atoms with Gasteiger partial charge in [-0.3, -0.25) is 4.79 Å². The molecule has 2 aromatic carbocycles. The van der Waals surface area contributed by atoms with Crippen molar-refractivity contribution < 1.29 is 28.9 Å². The van der Waals surface area contributed by atoms with Crippen LogP contribution < -0.4 is 19.5 Å². The normalized spacial score (nSPS) is 12.3. The average molecular weight is 369 g/mol.